The van der Waals surface area contributed by atoms with Gasteiger partial charge in [-0.1, -0.05) is 18.2 Å². The lowest BCUT2D eigenvalue weighted by molar-refractivity contribution is -0.384. The molecule has 7 nitrogen and oxygen atoms in total. The number of ether oxygens (including phenoxy) is 1. The Morgan fingerprint density at radius 1 is 1.29 bits per heavy atom. The Balaban J connectivity index is 1.77. The molecule has 0 saturated carbocycles. The van der Waals surface area contributed by atoms with Crippen LogP contribution >= 0.6 is 0 Å². The van der Waals surface area contributed by atoms with E-state index in [1.807, 2.05) is 30.3 Å². The molecule has 0 amide bonds. The molecule has 0 spiro atoms. The number of para-hydroxylation sites is 1. The van der Waals surface area contributed by atoms with Crippen LogP contribution in [0.2, 0.25) is 0 Å². The molecule has 0 fully saturated rings. The fourth-order valence-corrected chi connectivity index (χ4v) is 1.73. The maximum atomic E-state index is 10.7. The fraction of sp³-hybridized carbons (Fsp3) is 0.214. The predicted octanol–water partition coefficient (Wildman–Crippen LogP) is 2.45. The van der Waals surface area contributed by atoms with E-state index < -0.39 is 4.92 Å². The van der Waals surface area contributed by atoms with Crippen molar-refractivity contribution in [3.8, 4) is 5.75 Å². The minimum atomic E-state index is -0.498. The molecule has 21 heavy (non-hydrogen) atoms. The molecule has 1 heterocycles. The normalized spacial score (nSPS) is 10.1. The van der Waals surface area contributed by atoms with Crippen LogP contribution in [0.1, 0.15) is 6.42 Å². The van der Waals surface area contributed by atoms with Crippen molar-refractivity contribution in [2.75, 3.05) is 24.2 Å². The van der Waals surface area contributed by atoms with Crippen molar-refractivity contribution in [3.05, 3.63) is 52.6 Å². The van der Waals surface area contributed by atoms with Crippen molar-refractivity contribution in [1.29, 1.82) is 0 Å². The number of hydrogen-bond donors (Lipinski definition) is 2. The average Bonchev–Trinajstić information content (AvgIpc) is 2.47. The number of aromatic nitrogens is 1. The van der Waals surface area contributed by atoms with Gasteiger partial charge in [-0.3, -0.25) is 10.1 Å². The molecule has 0 aliphatic carbocycles. The number of hydrogen-bond acceptors (Lipinski definition) is 6. The Morgan fingerprint density at radius 2 is 2.05 bits per heavy atom. The zero-order valence-electron chi connectivity index (χ0n) is 11.4. The monoisotopic (exact) mass is 288 g/mol. The number of nitro groups is 1. The predicted molar refractivity (Wildman–Crippen MR) is 80.3 cm³/mol. The molecule has 0 atom stereocenters. The van der Waals surface area contributed by atoms with Crippen LogP contribution in [0.3, 0.4) is 0 Å². The molecule has 110 valence electrons. The van der Waals surface area contributed by atoms with Gasteiger partial charge in [-0.15, -0.1) is 0 Å². The van der Waals surface area contributed by atoms with Gasteiger partial charge in [0.2, 0.25) is 0 Å². The van der Waals surface area contributed by atoms with E-state index in [0.29, 0.717) is 19.0 Å². The molecule has 0 radical (unpaired) electrons. The Kier molecular flexibility index (Phi) is 4.92. The lowest BCUT2D eigenvalue weighted by Crippen LogP contribution is -2.09. The first-order chi connectivity index (χ1) is 10.1. The molecule has 1 aromatic heterocycles. The van der Waals surface area contributed by atoms with Crippen molar-refractivity contribution >= 4 is 17.3 Å². The smallest absolute Gasteiger partial charge is 0.276 e. The summed E-state index contributed by atoms with van der Waals surface area (Å²) in [6.07, 6.45) is 0.735. The highest BCUT2D eigenvalue weighted by atomic mass is 16.6. The SMILES string of the molecule is Nc1cc([N+](=O)[O-])cc(NCCCOc2ccccc2)n1. The maximum absolute atomic E-state index is 10.7. The zero-order chi connectivity index (χ0) is 15.1. The van der Waals surface area contributed by atoms with Crippen LogP contribution in [-0.4, -0.2) is 23.1 Å². The van der Waals surface area contributed by atoms with E-state index in [0.717, 1.165) is 12.2 Å². The number of pyridine rings is 1. The van der Waals surface area contributed by atoms with Gasteiger partial charge in [0.05, 0.1) is 23.7 Å². The second-order valence-corrected chi connectivity index (χ2v) is 4.33. The van der Waals surface area contributed by atoms with E-state index in [1.165, 1.54) is 12.1 Å². The first kappa shape index (κ1) is 14.6. The zero-order valence-corrected chi connectivity index (χ0v) is 11.4. The third-order valence-corrected chi connectivity index (χ3v) is 2.68. The fourth-order valence-electron chi connectivity index (χ4n) is 1.73. The summed E-state index contributed by atoms with van der Waals surface area (Å²) in [6, 6.07) is 12.1. The summed E-state index contributed by atoms with van der Waals surface area (Å²) >= 11 is 0. The molecule has 0 saturated heterocycles. The van der Waals surface area contributed by atoms with E-state index in [1.54, 1.807) is 0 Å². The second-order valence-electron chi connectivity index (χ2n) is 4.33. The van der Waals surface area contributed by atoms with Gasteiger partial charge in [0, 0.05) is 6.54 Å². The van der Waals surface area contributed by atoms with Crippen molar-refractivity contribution in [2.45, 2.75) is 6.42 Å². The van der Waals surface area contributed by atoms with Crippen molar-refractivity contribution in [2.24, 2.45) is 0 Å². The van der Waals surface area contributed by atoms with E-state index >= 15 is 0 Å². The Morgan fingerprint density at radius 3 is 2.76 bits per heavy atom. The molecule has 1 aromatic carbocycles. The van der Waals surface area contributed by atoms with Gasteiger partial charge in [-0.2, -0.15) is 0 Å². The molecular formula is C14H16N4O3. The summed E-state index contributed by atoms with van der Waals surface area (Å²) in [5, 5.41) is 13.7. The third-order valence-electron chi connectivity index (χ3n) is 2.68. The van der Waals surface area contributed by atoms with Crippen LogP contribution in [0.5, 0.6) is 5.75 Å². The Bertz CT molecular complexity index is 604. The Labute approximate surface area is 121 Å². The van der Waals surface area contributed by atoms with Crippen LogP contribution in [0.25, 0.3) is 0 Å². The van der Waals surface area contributed by atoms with Crippen LogP contribution in [0, 0.1) is 10.1 Å². The first-order valence-corrected chi connectivity index (χ1v) is 6.49. The summed E-state index contributed by atoms with van der Waals surface area (Å²) in [4.78, 5) is 14.2. The molecular weight excluding hydrogens is 272 g/mol. The number of benzene rings is 1. The van der Waals surface area contributed by atoms with E-state index in [9.17, 15) is 10.1 Å². The van der Waals surface area contributed by atoms with Gasteiger partial charge in [0.1, 0.15) is 17.4 Å². The standard InChI is InChI=1S/C14H16N4O3/c15-13-9-11(18(19)20)10-14(17-13)16-7-4-8-21-12-5-2-1-3-6-12/h1-3,5-6,9-10H,4,7-8H2,(H3,15,16,17). The number of nitrogens with one attached hydrogen (secondary N) is 1. The largest absolute Gasteiger partial charge is 0.494 e. The van der Waals surface area contributed by atoms with E-state index in [2.05, 4.69) is 10.3 Å². The number of anilines is 2. The lowest BCUT2D eigenvalue weighted by Gasteiger charge is -2.08. The van der Waals surface area contributed by atoms with Crippen LogP contribution in [-0.2, 0) is 0 Å². The summed E-state index contributed by atoms with van der Waals surface area (Å²) in [5.41, 5.74) is 5.45. The topological polar surface area (TPSA) is 103 Å². The van der Waals surface area contributed by atoms with E-state index in [-0.39, 0.29) is 11.5 Å². The third kappa shape index (κ3) is 4.64. The highest BCUT2D eigenvalue weighted by Gasteiger charge is 2.09. The average molecular weight is 288 g/mol. The van der Waals surface area contributed by atoms with Gasteiger partial charge in [0.15, 0.2) is 0 Å². The molecule has 0 bridgehead atoms. The second kappa shape index (κ2) is 7.09. The number of nitrogen functional groups attached to an aromatic ring is 1. The summed E-state index contributed by atoms with van der Waals surface area (Å²) in [6.45, 7) is 1.13. The molecule has 0 aliphatic rings. The highest BCUT2D eigenvalue weighted by molar-refractivity contribution is 5.52. The van der Waals surface area contributed by atoms with Crippen LogP contribution < -0.4 is 15.8 Å². The van der Waals surface area contributed by atoms with Crippen LogP contribution in [0.4, 0.5) is 17.3 Å². The van der Waals surface area contributed by atoms with Gasteiger partial charge in [-0.05, 0) is 18.6 Å². The number of rotatable bonds is 7. The minimum Gasteiger partial charge on any atom is -0.494 e. The first-order valence-electron chi connectivity index (χ1n) is 6.49. The summed E-state index contributed by atoms with van der Waals surface area (Å²) in [5.74, 6) is 1.32. The Hall–Kier alpha value is -2.83. The highest BCUT2D eigenvalue weighted by Crippen LogP contribution is 2.18. The molecule has 3 N–H and O–H groups in total. The van der Waals surface area contributed by atoms with Crippen LogP contribution in [0.15, 0.2) is 42.5 Å². The van der Waals surface area contributed by atoms with Gasteiger partial charge in [-0.25, -0.2) is 4.98 Å². The number of nitrogens with zero attached hydrogens (tertiary/aromatic N) is 2. The quantitative estimate of drug-likeness (QED) is 0.461. The van der Waals surface area contributed by atoms with Gasteiger partial charge in [0.25, 0.3) is 5.69 Å². The van der Waals surface area contributed by atoms with Crippen molar-refractivity contribution < 1.29 is 9.66 Å². The van der Waals surface area contributed by atoms with Gasteiger partial charge >= 0.3 is 0 Å². The van der Waals surface area contributed by atoms with Gasteiger partial charge < -0.3 is 15.8 Å². The molecule has 2 aromatic rings. The number of nitrogens with two attached hydrogens (primary N) is 1. The summed E-state index contributed by atoms with van der Waals surface area (Å²) in [7, 11) is 0. The summed E-state index contributed by atoms with van der Waals surface area (Å²) < 4.78 is 5.54. The lowest BCUT2D eigenvalue weighted by atomic mass is 10.3. The minimum absolute atomic E-state index is 0.0782. The molecule has 0 aliphatic heterocycles. The van der Waals surface area contributed by atoms with Crippen molar-refractivity contribution in [1.82, 2.24) is 4.98 Å². The molecule has 0 unspecified atom stereocenters. The van der Waals surface area contributed by atoms with E-state index in [4.69, 9.17) is 10.5 Å². The molecule has 7 heteroatoms. The maximum Gasteiger partial charge on any atom is 0.276 e. The molecule has 2 rings (SSSR count). The van der Waals surface area contributed by atoms with Crippen molar-refractivity contribution in [3.63, 3.8) is 0 Å².